The van der Waals surface area contributed by atoms with Crippen LogP contribution in [0.5, 0.6) is 0 Å². The van der Waals surface area contributed by atoms with Crippen molar-refractivity contribution in [1.82, 2.24) is 9.97 Å². The Morgan fingerprint density at radius 1 is 0.714 bits per heavy atom. The van der Waals surface area contributed by atoms with Crippen LogP contribution < -0.4 is 5.32 Å². The summed E-state index contributed by atoms with van der Waals surface area (Å²) in [4.78, 5) is 21.5. The van der Waals surface area contributed by atoms with Crippen LogP contribution in [0, 0.1) is 5.82 Å². The predicted molar refractivity (Wildman–Crippen MR) is 107 cm³/mol. The zero-order chi connectivity index (χ0) is 19.3. The molecular formula is C23H16FN3O. The molecule has 4 nitrogen and oxygen atoms in total. The maximum Gasteiger partial charge on any atom is 0.258 e. The van der Waals surface area contributed by atoms with E-state index in [0.717, 1.165) is 11.1 Å². The molecule has 0 aliphatic rings. The Hall–Kier alpha value is -3.86. The van der Waals surface area contributed by atoms with E-state index in [1.54, 1.807) is 0 Å². The van der Waals surface area contributed by atoms with Crippen molar-refractivity contribution in [2.75, 3.05) is 5.32 Å². The fourth-order valence-corrected chi connectivity index (χ4v) is 2.79. The predicted octanol–water partition coefficient (Wildman–Crippen LogP) is 5.20. The number of carbonyl (C=O) groups is 1. The van der Waals surface area contributed by atoms with E-state index >= 15 is 0 Å². The van der Waals surface area contributed by atoms with E-state index in [9.17, 15) is 9.18 Å². The van der Waals surface area contributed by atoms with Crippen LogP contribution in [-0.2, 0) is 0 Å². The first-order valence-corrected chi connectivity index (χ1v) is 8.76. The lowest BCUT2D eigenvalue weighted by molar-refractivity contribution is 0.102. The van der Waals surface area contributed by atoms with Crippen LogP contribution in [0.25, 0.3) is 22.5 Å². The van der Waals surface area contributed by atoms with E-state index in [4.69, 9.17) is 0 Å². The van der Waals surface area contributed by atoms with Crippen molar-refractivity contribution in [3.8, 4) is 22.5 Å². The van der Waals surface area contributed by atoms with Gasteiger partial charge in [0, 0.05) is 16.7 Å². The van der Waals surface area contributed by atoms with Gasteiger partial charge in [0.15, 0.2) is 0 Å². The third-order valence-corrected chi connectivity index (χ3v) is 4.20. The number of carbonyl (C=O) groups excluding carboxylic acids is 1. The summed E-state index contributed by atoms with van der Waals surface area (Å²) in [5.41, 5.74) is 3.56. The fraction of sp³-hybridized carbons (Fsp3) is 0. The van der Waals surface area contributed by atoms with Crippen LogP contribution in [0.3, 0.4) is 0 Å². The normalized spacial score (nSPS) is 10.5. The molecule has 1 aromatic heterocycles. The highest BCUT2D eigenvalue weighted by molar-refractivity contribution is 6.03. The fourth-order valence-electron chi connectivity index (χ4n) is 2.79. The molecule has 4 rings (SSSR count). The van der Waals surface area contributed by atoms with Crippen LogP contribution in [0.15, 0.2) is 91.0 Å². The monoisotopic (exact) mass is 369 g/mol. The van der Waals surface area contributed by atoms with Crippen LogP contribution >= 0.6 is 0 Å². The largest absolute Gasteiger partial charge is 0.290 e. The molecule has 1 amide bonds. The second kappa shape index (κ2) is 7.80. The van der Waals surface area contributed by atoms with Crippen molar-refractivity contribution in [1.29, 1.82) is 0 Å². The molecule has 0 atom stereocenters. The highest BCUT2D eigenvalue weighted by Crippen LogP contribution is 2.25. The van der Waals surface area contributed by atoms with E-state index in [1.807, 2.05) is 66.7 Å². The minimum atomic E-state index is -0.399. The molecule has 136 valence electrons. The number of halogens is 1. The number of rotatable bonds is 4. The van der Waals surface area contributed by atoms with Crippen LogP contribution in [0.4, 0.5) is 10.3 Å². The summed E-state index contributed by atoms with van der Waals surface area (Å²) in [6.07, 6.45) is 0. The Labute approximate surface area is 161 Å². The number of anilines is 1. The van der Waals surface area contributed by atoms with Gasteiger partial charge in [-0.15, -0.1) is 0 Å². The first-order valence-electron chi connectivity index (χ1n) is 8.76. The molecule has 0 radical (unpaired) electrons. The maximum atomic E-state index is 13.1. The van der Waals surface area contributed by atoms with Crippen molar-refractivity contribution >= 4 is 11.9 Å². The van der Waals surface area contributed by atoms with Gasteiger partial charge in [-0.3, -0.25) is 10.1 Å². The molecule has 0 saturated carbocycles. The molecular weight excluding hydrogens is 353 g/mol. The van der Waals surface area contributed by atoms with Gasteiger partial charge in [-0.05, 0) is 30.3 Å². The first-order chi connectivity index (χ1) is 13.7. The molecule has 1 heterocycles. The van der Waals surface area contributed by atoms with Crippen molar-refractivity contribution in [3.05, 3.63) is 102 Å². The van der Waals surface area contributed by atoms with Crippen LogP contribution in [0.2, 0.25) is 0 Å². The smallest absolute Gasteiger partial charge is 0.258 e. The summed E-state index contributed by atoms with van der Waals surface area (Å²) in [6, 6.07) is 26.6. The average molecular weight is 369 g/mol. The molecule has 1 N–H and O–H groups in total. The summed E-state index contributed by atoms with van der Waals surface area (Å²) in [7, 11) is 0. The Balaban J connectivity index is 1.73. The molecule has 0 unspecified atom stereocenters. The van der Waals surface area contributed by atoms with Crippen LogP contribution in [-0.4, -0.2) is 15.9 Å². The standard InChI is InChI=1S/C23H16FN3O/c24-19-13-11-18(12-14-19)22(28)27-23-25-20(16-7-3-1-4-8-16)15-21(26-23)17-9-5-2-6-10-17/h1-15H,(H,25,26,27,28). The zero-order valence-electron chi connectivity index (χ0n) is 14.8. The summed E-state index contributed by atoms with van der Waals surface area (Å²) in [6.45, 7) is 0. The summed E-state index contributed by atoms with van der Waals surface area (Å²) in [5, 5.41) is 2.71. The Morgan fingerprint density at radius 3 is 1.71 bits per heavy atom. The summed E-state index contributed by atoms with van der Waals surface area (Å²) >= 11 is 0. The van der Waals surface area contributed by atoms with Crippen molar-refractivity contribution in [3.63, 3.8) is 0 Å². The minimum Gasteiger partial charge on any atom is -0.290 e. The van der Waals surface area contributed by atoms with Gasteiger partial charge in [-0.2, -0.15) is 0 Å². The summed E-state index contributed by atoms with van der Waals surface area (Å²) < 4.78 is 13.1. The van der Waals surface area contributed by atoms with Gasteiger partial charge in [0.05, 0.1) is 11.4 Å². The van der Waals surface area contributed by atoms with Crippen molar-refractivity contribution in [2.24, 2.45) is 0 Å². The molecule has 0 aliphatic heterocycles. The van der Waals surface area contributed by atoms with Gasteiger partial charge in [0.2, 0.25) is 5.95 Å². The number of benzene rings is 3. The molecule has 0 aliphatic carbocycles. The third kappa shape index (κ3) is 3.94. The second-order valence-corrected chi connectivity index (χ2v) is 6.16. The lowest BCUT2D eigenvalue weighted by Gasteiger charge is -2.10. The number of amides is 1. The third-order valence-electron chi connectivity index (χ3n) is 4.20. The van der Waals surface area contributed by atoms with Gasteiger partial charge >= 0.3 is 0 Å². The quantitative estimate of drug-likeness (QED) is 0.538. The number of hydrogen-bond donors (Lipinski definition) is 1. The van der Waals surface area contributed by atoms with Gasteiger partial charge in [-0.1, -0.05) is 60.7 Å². The lowest BCUT2D eigenvalue weighted by Crippen LogP contribution is -2.14. The van der Waals surface area contributed by atoms with Gasteiger partial charge in [-0.25, -0.2) is 14.4 Å². The molecule has 4 aromatic rings. The number of hydrogen-bond acceptors (Lipinski definition) is 3. The first kappa shape index (κ1) is 17.5. The van der Waals surface area contributed by atoms with Gasteiger partial charge < -0.3 is 0 Å². The van der Waals surface area contributed by atoms with Crippen molar-refractivity contribution in [2.45, 2.75) is 0 Å². The summed E-state index contributed by atoms with van der Waals surface area (Å²) in [5.74, 6) is -0.607. The lowest BCUT2D eigenvalue weighted by atomic mass is 10.1. The van der Waals surface area contributed by atoms with E-state index in [-0.39, 0.29) is 5.95 Å². The van der Waals surface area contributed by atoms with Gasteiger partial charge in [0.25, 0.3) is 5.91 Å². The van der Waals surface area contributed by atoms with E-state index in [2.05, 4.69) is 15.3 Å². The molecule has 0 spiro atoms. The number of nitrogens with zero attached hydrogens (tertiary/aromatic N) is 2. The van der Waals surface area contributed by atoms with E-state index in [0.29, 0.717) is 17.0 Å². The Morgan fingerprint density at radius 2 is 1.21 bits per heavy atom. The molecule has 0 bridgehead atoms. The van der Waals surface area contributed by atoms with Gasteiger partial charge in [0.1, 0.15) is 5.82 Å². The van der Waals surface area contributed by atoms with E-state index < -0.39 is 11.7 Å². The average Bonchev–Trinajstić information content (AvgIpc) is 2.75. The molecule has 0 fully saturated rings. The maximum absolute atomic E-state index is 13.1. The topological polar surface area (TPSA) is 54.9 Å². The molecule has 28 heavy (non-hydrogen) atoms. The number of aromatic nitrogens is 2. The Bertz CT molecular complexity index is 1040. The number of nitrogens with one attached hydrogen (secondary N) is 1. The highest BCUT2D eigenvalue weighted by Gasteiger charge is 2.12. The van der Waals surface area contributed by atoms with Crippen molar-refractivity contribution < 1.29 is 9.18 Å². The van der Waals surface area contributed by atoms with Crippen LogP contribution in [0.1, 0.15) is 10.4 Å². The Kier molecular flexibility index (Phi) is 4.89. The molecule has 0 saturated heterocycles. The minimum absolute atomic E-state index is 0.189. The zero-order valence-corrected chi connectivity index (χ0v) is 14.8. The molecule has 3 aromatic carbocycles. The highest BCUT2D eigenvalue weighted by atomic mass is 19.1. The second-order valence-electron chi connectivity index (χ2n) is 6.16. The van der Waals surface area contributed by atoms with E-state index in [1.165, 1.54) is 24.3 Å². The SMILES string of the molecule is O=C(Nc1nc(-c2ccccc2)cc(-c2ccccc2)n1)c1ccc(F)cc1. The molecule has 5 heteroatoms.